The molecule has 2 nitrogen and oxygen atoms in total. The fraction of sp³-hybridized carbons (Fsp3) is 0.400. The number of likely N-dealkylation sites (N-methyl/N-ethyl adjacent to an activating group) is 1. The maximum absolute atomic E-state index is 9.13. The molecule has 72 valence electrons. The van der Waals surface area contributed by atoms with Gasteiger partial charge in [0.15, 0.2) is 0 Å². The van der Waals surface area contributed by atoms with Crippen molar-refractivity contribution in [3.8, 4) is 0 Å². The zero-order chi connectivity index (χ0) is 9.68. The van der Waals surface area contributed by atoms with Crippen LogP contribution in [-0.4, -0.2) is 25.0 Å². The quantitative estimate of drug-likeness (QED) is 0.720. The van der Waals surface area contributed by atoms with Gasteiger partial charge in [-0.2, -0.15) is 0 Å². The van der Waals surface area contributed by atoms with Crippen molar-refractivity contribution in [1.29, 1.82) is 0 Å². The Bertz CT molecular complexity index is 261. The van der Waals surface area contributed by atoms with E-state index in [1.165, 1.54) is 10.5 Å². The second-order valence-electron chi connectivity index (χ2n) is 2.77. The van der Waals surface area contributed by atoms with E-state index in [-0.39, 0.29) is 12.6 Å². The third-order valence-corrected chi connectivity index (χ3v) is 2.86. The van der Waals surface area contributed by atoms with Gasteiger partial charge in [-0.15, -0.1) is 11.8 Å². The van der Waals surface area contributed by atoms with E-state index in [1.807, 2.05) is 31.5 Å². The summed E-state index contributed by atoms with van der Waals surface area (Å²) in [5.41, 5.74) is 1.17. The SMILES string of the molecule is CNC(CO)c1ccccc1SC. The molecule has 0 aliphatic carbocycles. The van der Waals surface area contributed by atoms with Gasteiger partial charge in [-0.3, -0.25) is 0 Å². The summed E-state index contributed by atoms with van der Waals surface area (Å²) < 4.78 is 0. The molecule has 0 spiro atoms. The maximum Gasteiger partial charge on any atom is 0.0626 e. The smallest absolute Gasteiger partial charge is 0.0626 e. The van der Waals surface area contributed by atoms with Crippen LogP contribution >= 0.6 is 11.8 Å². The van der Waals surface area contributed by atoms with E-state index in [2.05, 4.69) is 11.4 Å². The van der Waals surface area contributed by atoms with E-state index in [0.29, 0.717) is 0 Å². The first-order chi connectivity index (χ1) is 6.33. The molecule has 1 unspecified atom stereocenters. The summed E-state index contributed by atoms with van der Waals surface area (Å²) in [6.07, 6.45) is 2.04. The van der Waals surface area contributed by atoms with E-state index in [1.54, 1.807) is 11.8 Å². The van der Waals surface area contributed by atoms with Crippen molar-refractivity contribution in [2.45, 2.75) is 10.9 Å². The average Bonchev–Trinajstić information content (AvgIpc) is 2.20. The molecule has 1 aromatic rings. The molecule has 0 heterocycles. The summed E-state index contributed by atoms with van der Waals surface area (Å²) in [6, 6.07) is 8.17. The molecule has 0 fully saturated rings. The lowest BCUT2D eigenvalue weighted by molar-refractivity contribution is 0.249. The van der Waals surface area contributed by atoms with Crippen LogP contribution in [0.2, 0.25) is 0 Å². The Balaban J connectivity index is 2.96. The summed E-state index contributed by atoms with van der Waals surface area (Å²) in [7, 11) is 1.86. The number of hydrogen-bond acceptors (Lipinski definition) is 3. The van der Waals surface area contributed by atoms with Crippen LogP contribution in [-0.2, 0) is 0 Å². The maximum atomic E-state index is 9.13. The number of thioether (sulfide) groups is 1. The molecule has 0 aliphatic rings. The van der Waals surface area contributed by atoms with Gasteiger partial charge in [0, 0.05) is 4.90 Å². The number of aliphatic hydroxyl groups is 1. The normalized spacial score (nSPS) is 12.8. The Morgan fingerprint density at radius 1 is 1.46 bits per heavy atom. The van der Waals surface area contributed by atoms with Crippen molar-refractivity contribution in [2.75, 3.05) is 19.9 Å². The Kier molecular flexibility index (Phi) is 4.28. The number of aliphatic hydroxyl groups excluding tert-OH is 1. The van der Waals surface area contributed by atoms with Gasteiger partial charge in [0.1, 0.15) is 0 Å². The Morgan fingerprint density at radius 3 is 2.69 bits per heavy atom. The predicted molar refractivity (Wildman–Crippen MR) is 57.1 cm³/mol. The standard InChI is InChI=1S/C10H15NOS/c1-11-9(7-12)8-5-3-4-6-10(8)13-2/h3-6,9,11-12H,7H2,1-2H3. The predicted octanol–water partition coefficient (Wildman–Crippen LogP) is 1.66. The molecule has 0 saturated carbocycles. The van der Waals surface area contributed by atoms with Crippen LogP contribution < -0.4 is 5.32 Å². The molecule has 0 aromatic heterocycles. The van der Waals surface area contributed by atoms with E-state index in [0.717, 1.165) is 0 Å². The highest BCUT2D eigenvalue weighted by Crippen LogP contribution is 2.24. The molecule has 3 heteroatoms. The van der Waals surface area contributed by atoms with Crippen LogP contribution in [0.1, 0.15) is 11.6 Å². The van der Waals surface area contributed by atoms with Gasteiger partial charge >= 0.3 is 0 Å². The lowest BCUT2D eigenvalue weighted by atomic mass is 10.1. The summed E-state index contributed by atoms with van der Waals surface area (Å²) in [5, 5.41) is 12.2. The third kappa shape index (κ3) is 2.46. The van der Waals surface area contributed by atoms with Crippen molar-refractivity contribution in [1.82, 2.24) is 5.32 Å². The zero-order valence-corrected chi connectivity index (χ0v) is 8.77. The highest BCUT2D eigenvalue weighted by molar-refractivity contribution is 7.98. The van der Waals surface area contributed by atoms with Crippen LogP contribution in [0.15, 0.2) is 29.2 Å². The molecular weight excluding hydrogens is 182 g/mol. The monoisotopic (exact) mass is 197 g/mol. The second kappa shape index (κ2) is 5.27. The van der Waals surface area contributed by atoms with Gasteiger partial charge in [0.2, 0.25) is 0 Å². The number of nitrogens with one attached hydrogen (secondary N) is 1. The first kappa shape index (κ1) is 10.6. The lowest BCUT2D eigenvalue weighted by Crippen LogP contribution is -2.20. The molecule has 0 saturated heterocycles. The topological polar surface area (TPSA) is 32.3 Å². The molecule has 13 heavy (non-hydrogen) atoms. The van der Waals surface area contributed by atoms with Crippen molar-refractivity contribution < 1.29 is 5.11 Å². The Hall–Kier alpha value is -0.510. The highest BCUT2D eigenvalue weighted by Gasteiger charge is 2.10. The second-order valence-corrected chi connectivity index (χ2v) is 3.61. The van der Waals surface area contributed by atoms with E-state index in [4.69, 9.17) is 5.11 Å². The molecule has 2 N–H and O–H groups in total. The van der Waals surface area contributed by atoms with Gasteiger partial charge in [-0.1, -0.05) is 18.2 Å². The Morgan fingerprint density at radius 2 is 2.15 bits per heavy atom. The zero-order valence-electron chi connectivity index (χ0n) is 7.95. The number of benzene rings is 1. The summed E-state index contributed by atoms with van der Waals surface area (Å²) >= 11 is 1.70. The van der Waals surface area contributed by atoms with Crippen LogP contribution in [0.4, 0.5) is 0 Å². The molecule has 1 atom stereocenters. The van der Waals surface area contributed by atoms with Gasteiger partial charge in [0.25, 0.3) is 0 Å². The van der Waals surface area contributed by atoms with E-state index in [9.17, 15) is 0 Å². The summed E-state index contributed by atoms with van der Waals surface area (Å²) in [4.78, 5) is 1.22. The minimum atomic E-state index is 0.0450. The largest absolute Gasteiger partial charge is 0.394 e. The molecule has 1 rings (SSSR count). The summed E-state index contributed by atoms with van der Waals surface area (Å²) in [5.74, 6) is 0. The first-order valence-electron chi connectivity index (χ1n) is 4.24. The van der Waals surface area contributed by atoms with Crippen LogP contribution in [0.3, 0.4) is 0 Å². The fourth-order valence-electron chi connectivity index (χ4n) is 1.30. The Labute approximate surface area is 83.4 Å². The number of hydrogen-bond donors (Lipinski definition) is 2. The molecule has 0 amide bonds. The molecule has 0 radical (unpaired) electrons. The lowest BCUT2D eigenvalue weighted by Gasteiger charge is -2.16. The first-order valence-corrected chi connectivity index (χ1v) is 5.47. The van der Waals surface area contributed by atoms with Gasteiger partial charge < -0.3 is 10.4 Å². The van der Waals surface area contributed by atoms with Crippen molar-refractivity contribution >= 4 is 11.8 Å². The molecule has 0 bridgehead atoms. The van der Waals surface area contributed by atoms with Crippen molar-refractivity contribution in [2.24, 2.45) is 0 Å². The van der Waals surface area contributed by atoms with E-state index < -0.39 is 0 Å². The van der Waals surface area contributed by atoms with Gasteiger partial charge in [-0.05, 0) is 24.9 Å². The van der Waals surface area contributed by atoms with Gasteiger partial charge in [0.05, 0.1) is 12.6 Å². The van der Waals surface area contributed by atoms with E-state index >= 15 is 0 Å². The fourth-order valence-corrected chi connectivity index (χ4v) is 1.96. The number of rotatable bonds is 4. The molecular formula is C10H15NOS. The molecule has 0 aliphatic heterocycles. The minimum absolute atomic E-state index is 0.0450. The summed E-state index contributed by atoms with van der Waals surface area (Å²) in [6.45, 7) is 0.133. The minimum Gasteiger partial charge on any atom is -0.394 e. The third-order valence-electron chi connectivity index (χ3n) is 2.05. The highest BCUT2D eigenvalue weighted by atomic mass is 32.2. The van der Waals surface area contributed by atoms with Crippen molar-refractivity contribution in [3.63, 3.8) is 0 Å². The van der Waals surface area contributed by atoms with Crippen LogP contribution in [0, 0.1) is 0 Å². The van der Waals surface area contributed by atoms with Crippen LogP contribution in [0.25, 0.3) is 0 Å². The van der Waals surface area contributed by atoms with Gasteiger partial charge in [-0.25, -0.2) is 0 Å². The van der Waals surface area contributed by atoms with Crippen LogP contribution in [0.5, 0.6) is 0 Å². The average molecular weight is 197 g/mol. The molecule has 1 aromatic carbocycles. The van der Waals surface area contributed by atoms with Crippen molar-refractivity contribution in [3.05, 3.63) is 29.8 Å².